The summed E-state index contributed by atoms with van der Waals surface area (Å²) in [4.78, 5) is 16.2. The Kier molecular flexibility index (Phi) is 4.48. The maximum absolute atomic E-state index is 11.9. The molecular formula is C13H16N4OS. The van der Waals surface area contributed by atoms with Crippen LogP contribution < -0.4 is 16.6 Å². The molecule has 5 nitrogen and oxygen atoms in total. The summed E-state index contributed by atoms with van der Waals surface area (Å²) in [6.45, 7) is 2.55. The van der Waals surface area contributed by atoms with Crippen molar-refractivity contribution < 1.29 is 4.79 Å². The van der Waals surface area contributed by atoms with Gasteiger partial charge in [0.1, 0.15) is 0 Å². The number of amides is 1. The highest BCUT2D eigenvalue weighted by atomic mass is 32.1. The van der Waals surface area contributed by atoms with Crippen LogP contribution in [0.15, 0.2) is 29.6 Å². The van der Waals surface area contributed by atoms with Crippen LogP contribution in [0.25, 0.3) is 0 Å². The number of carbonyl (C=O) groups excluding carboxylic acids is 1. The van der Waals surface area contributed by atoms with Crippen LogP contribution in [0.4, 0.5) is 5.69 Å². The van der Waals surface area contributed by atoms with Crippen LogP contribution in [0.5, 0.6) is 0 Å². The maximum Gasteiger partial charge on any atom is 0.251 e. The molecule has 0 radical (unpaired) electrons. The normalized spacial score (nSPS) is 10.2. The maximum atomic E-state index is 11.9. The van der Waals surface area contributed by atoms with Gasteiger partial charge < -0.3 is 10.7 Å². The smallest absolute Gasteiger partial charge is 0.251 e. The Labute approximate surface area is 115 Å². The second-order valence-electron chi connectivity index (χ2n) is 4.09. The number of aromatic nitrogens is 1. The van der Waals surface area contributed by atoms with Gasteiger partial charge in [0.05, 0.1) is 10.7 Å². The molecule has 1 heterocycles. The molecule has 0 atom stereocenters. The number of carbonyl (C=O) groups is 1. The molecule has 6 heteroatoms. The van der Waals surface area contributed by atoms with Crippen LogP contribution in [0.2, 0.25) is 0 Å². The van der Waals surface area contributed by atoms with E-state index in [1.54, 1.807) is 35.6 Å². The summed E-state index contributed by atoms with van der Waals surface area (Å²) in [5, 5.41) is 5.93. The van der Waals surface area contributed by atoms with Gasteiger partial charge in [-0.1, -0.05) is 0 Å². The molecular weight excluding hydrogens is 260 g/mol. The van der Waals surface area contributed by atoms with Gasteiger partial charge in [-0.05, 0) is 31.2 Å². The van der Waals surface area contributed by atoms with E-state index in [-0.39, 0.29) is 5.91 Å². The average molecular weight is 276 g/mol. The first kappa shape index (κ1) is 13.5. The molecule has 19 heavy (non-hydrogen) atoms. The van der Waals surface area contributed by atoms with Crippen LogP contribution in [-0.2, 0) is 6.42 Å². The molecule has 1 amide bonds. The Bertz CT molecular complexity index is 550. The molecule has 0 spiro atoms. The second-order valence-corrected chi connectivity index (χ2v) is 5.15. The lowest BCUT2D eigenvalue weighted by Crippen LogP contribution is -2.25. The molecule has 0 bridgehead atoms. The van der Waals surface area contributed by atoms with Crippen molar-refractivity contribution in [3.8, 4) is 0 Å². The number of benzene rings is 1. The predicted octanol–water partition coefficient (Wildman–Crippen LogP) is 1.71. The molecule has 0 unspecified atom stereocenters. The lowest BCUT2D eigenvalue weighted by atomic mass is 10.2. The summed E-state index contributed by atoms with van der Waals surface area (Å²) < 4.78 is 0. The third kappa shape index (κ3) is 3.77. The van der Waals surface area contributed by atoms with E-state index in [1.807, 2.05) is 12.3 Å². The lowest BCUT2D eigenvalue weighted by Gasteiger charge is -2.05. The van der Waals surface area contributed by atoms with E-state index in [9.17, 15) is 4.79 Å². The van der Waals surface area contributed by atoms with Crippen molar-refractivity contribution in [1.82, 2.24) is 10.3 Å². The van der Waals surface area contributed by atoms with Crippen LogP contribution in [-0.4, -0.2) is 17.4 Å². The number of nitrogens with zero attached hydrogens (tertiary/aromatic N) is 1. The number of hydrogen-bond donors (Lipinski definition) is 3. The molecule has 0 aliphatic rings. The zero-order chi connectivity index (χ0) is 13.7. The van der Waals surface area contributed by atoms with Crippen molar-refractivity contribution >= 4 is 22.9 Å². The number of nitrogen functional groups attached to an aromatic ring is 1. The lowest BCUT2D eigenvalue weighted by molar-refractivity contribution is 0.0954. The minimum absolute atomic E-state index is 0.0875. The van der Waals surface area contributed by atoms with Gasteiger partial charge in [-0.3, -0.25) is 10.6 Å². The van der Waals surface area contributed by atoms with Crippen LogP contribution in [0.1, 0.15) is 21.1 Å². The number of nitrogens with two attached hydrogens (primary N) is 1. The van der Waals surface area contributed by atoms with Crippen LogP contribution >= 0.6 is 11.3 Å². The van der Waals surface area contributed by atoms with Gasteiger partial charge in [-0.15, -0.1) is 11.3 Å². The number of hydrogen-bond acceptors (Lipinski definition) is 5. The average Bonchev–Trinajstić information content (AvgIpc) is 2.84. The largest absolute Gasteiger partial charge is 0.352 e. The van der Waals surface area contributed by atoms with Crippen molar-refractivity contribution in [2.75, 3.05) is 12.0 Å². The van der Waals surface area contributed by atoms with E-state index in [0.29, 0.717) is 12.1 Å². The van der Waals surface area contributed by atoms with E-state index in [1.165, 1.54) is 0 Å². The number of rotatable bonds is 5. The molecule has 100 valence electrons. The number of hydrazine groups is 1. The molecule has 0 aliphatic carbocycles. The molecule has 0 saturated heterocycles. The zero-order valence-electron chi connectivity index (χ0n) is 10.6. The summed E-state index contributed by atoms with van der Waals surface area (Å²) in [7, 11) is 0. The van der Waals surface area contributed by atoms with Crippen molar-refractivity contribution in [3.63, 3.8) is 0 Å². The van der Waals surface area contributed by atoms with E-state index < -0.39 is 0 Å². The molecule has 0 saturated carbocycles. The monoisotopic (exact) mass is 276 g/mol. The fourth-order valence-electron chi connectivity index (χ4n) is 1.65. The standard InChI is InChI=1S/C13H16N4OS/c1-9-16-12(8-19-9)6-7-15-13(18)10-2-4-11(17-14)5-3-10/h2-5,8,17H,6-7,14H2,1H3,(H,15,18). The van der Waals surface area contributed by atoms with Gasteiger partial charge in [-0.25, -0.2) is 4.98 Å². The zero-order valence-corrected chi connectivity index (χ0v) is 11.5. The minimum atomic E-state index is -0.0875. The van der Waals surface area contributed by atoms with E-state index >= 15 is 0 Å². The van der Waals surface area contributed by atoms with E-state index in [2.05, 4.69) is 15.7 Å². The van der Waals surface area contributed by atoms with Crippen molar-refractivity contribution in [2.24, 2.45) is 5.84 Å². The Morgan fingerprint density at radius 2 is 2.11 bits per heavy atom. The third-order valence-electron chi connectivity index (χ3n) is 2.65. The first-order valence-electron chi connectivity index (χ1n) is 5.95. The molecule has 2 rings (SSSR count). The van der Waals surface area contributed by atoms with E-state index in [4.69, 9.17) is 5.84 Å². The molecule has 0 aliphatic heterocycles. The van der Waals surface area contributed by atoms with Gasteiger partial charge in [-0.2, -0.15) is 0 Å². The Balaban J connectivity index is 1.83. The number of anilines is 1. The highest BCUT2D eigenvalue weighted by molar-refractivity contribution is 7.09. The fraction of sp³-hybridized carbons (Fsp3) is 0.231. The Morgan fingerprint density at radius 1 is 1.37 bits per heavy atom. The van der Waals surface area contributed by atoms with Crippen molar-refractivity contribution in [1.29, 1.82) is 0 Å². The molecule has 1 aromatic carbocycles. The van der Waals surface area contributed by atoms with Crippen molar-refractivity contribution in [3.05, 3.63) is 45.9 Å². The second kappa shape index (κ2) is 6.31. The number of thiazole rings is 1. The summed E-state index contributed by atoms with van der Waals surface area (Å²) >= 11 is 1.62. The summed E-state index contributed by atoms with van der Waals surface area (Å²) in [5.41, 5.74) is 4.93. The third-order valence-corrected chi connectivity index (χ3v) is 3.47. The van der Waals surface area contributed by atoms with Gasteiger partial charge >= 0.3 is 0 Å². The Hall–Kier alpha value is -1.92. The predicted molar refractivity (Wildman–Crippen MR) is 77.1 cm³/mol. The van der Waals surface area contributed by atoms with Crippen LogP contribution in [0.3, 0.4) is 0 Å². The SMILES string of the molecule is Cc1nc(CCNC(=O)c2ccc(NN)cc2)cs1. The first-order chi connectivity index (χ1) is 9.19. The Morgan fingerprint density at radius 3 is 2.68 bits per heavy atom. The van der Waals surface area contributed by atoms with E-state index in [0.717, 1.165) is 22.8 Å². The van der Waals surface area contributed by atoms with Gasteiger partial charge in [0, 0.05) is 29.6 Å². The van der Waals surface area contributed by atoms with Gasteiger partial charge in [0.15, 0.2) is 0 Å². The fourth-order valence-corrected chi connectivity index (χ4v) is 2.29. The molecule has 2 aromatic rings. The summed E-state index contributed by atoms with van der Waals surface area (Å²) in [6.07, 6.45) is 0.749. The first-order valence-corrected chi connectivity index (χ1v) is 6.83. The summed E-state index contributed by atoms with van der Waals surface area (Å²) in [5.74, 6) is 5.18. The molecule has 4 N–H and O–H groups in total. The quantitative estimate of drug-likeness (QED) is 0.573. The van der Waals surface area contributed by atoms with Gasteiger partial charge in [0.2, 0.25) is 0 Å². The highest BCUT2D eigenvalue weighted by Crippen LogP contribution is 2.09. The highest BCUT2D eigenvalue weighted by Gasteiger charge is 2.05. The van der Waals surface area contributed by atoms with Crippen LogP contribution in [0, 0.1) is 6.92 Å². The molecule has 0 fully saturated rings. The molecule has 1 aromatic heterocycles. The van der Waals surface area contributed by atoms with Gasteiger partial charge in [0.25, 0.3) is 5.91 Å². The minimum Gasteiger partial charge on any atom is -0.352 e. The topological polar surface area (TPSA) is 80.0 Å². The number of nitrogens with one attached hydrogen (secondary N) is 2. The number of aryl methyl sites for hydroxylation is 1. The summed E-state index contributed by atoms with van der Waals surface area (Å²) in [6, 6.07) is 6.99. The van der Waals surface area contributed by atoms with Crippen molar-refractivity contribution in [2.45, 2.75) is 13.3 Å².